The molecule has 3 atom stereocenters. The number of phosphoric acid groups is 1. The van der Waals surface area contributed by atoms with Crippen molar-refractivity contribution in [2.45, 2.75) is 399 Å². The van der Waals surface area contributed by atoms with Crippen LogP contribution in [0.3, 0.4) is 0 Å². The third-order valence-electron chi connectivity index (χ3n) is 17.7. The largest absolute Gasteiger partial charge is 0.472 e. The first-order chi connectivity index (χ1) is 43.9. The Bertz CT molecular complexity index is 1720. The zero-order valence-electron chi connectivity index (χ0n) is 60.6. The Kier molecular flexibility index (Phi) is 67.8. The first kappa shape index (κ1) is 87.7. The molecule has 0 saturated carbocycles. The van der Waals surface area contributed by atoms with Gasteiger partial charge in [0.15, 0.2) is 0 Å². The van der Waals surface area contributed by atoms with Gasteiger partial charge in [0, 0.05) is 12.8 Å². The third-order valence-corrected chi connectivity index (χ3v) is 18.7. The van der Waals surface area contributed by atoms with E-state index in [1.165, 1.54) is 283 Å². The molecule has 0 aliphatic rings. The summed E-state index contributed by atoms with van der Waals surface area (Å²) < 4.78 is 30.9. The SMILES string of the molecule is CCCCC/C=C\C/C=C\C/C=C\CCCCCCCCCCCCCCCCC(=O)OC(/C=C/CCCCCCCCCCCC)C(COP(=O)(O)OCC[N+](C)(C)C)NC(=O)CCCCCCCCCCCCCCCCC/C=C/CCCCCCCC. The number of ether oxygens (including phenoxy) is 1. The van der Waals surface area contributed by atoms with Crippen molar-refractivity contribution in [2.75, 3.05) is 40.9 Å². The number of amides is 1. The smallest absolute Gasteiger partial charge is 0.456 e. The molecule has 0 rings (SSSR count). The van der Waals surface area contributed by atoms with Gasteiger partial charge in [-0.05, 0) is 96.0 Å². The molecular weight excluding hydrogens is 1130 g/mol. The molecule has 0 fully saturated rings. The quantitative estimate of drug-likeness (QED) is 0.0205. The maximum Gasteiger partial charge on any atom is 0.472 e. The van der Waals surface area contributed by atoms with Gasteiger partial charge in [0.2, 0.25) is 5.91 Å². The Morgan fingerprint density at radius 2 is 0.678 bits per heavy atom. The van der Waals surface area contributed by atoms with Gasteiger partial charge in [0.1, 0.15) is 19.3 Å². The maximum atomic E-state index is 13.7. The van der Waals surface area contributed by atoms with Gasteiger partial charge >= 0.3 is 13.8 Å². The number of esters is 1. The number of nitrogens with zero attached hydrogens (tertiary/aromatic N) is 1. The van der Waals surface area contributed by atoms with E-state index in [2.05, 4.69) is 80.8 Å². The van der Waals surface area contributed by atoms with Crippen LogP contribution < -0.4 is 5.32 Å². The van der Waals surface area contributed by atoms with Crippen LogP contribution in [0.25, 0.3) is 0 Å². The molecule has 1 amide bonds. The Hall–Kier alpha value is -2.29. The van der Waals surface area contributed by atoms with Gasteiger partial charge < -0.3 is 19.4 Å². The summed E-state index contributed by atoms with van der Waals surface area (Å²) >= 11 is 0. The number of nitrogens with one attached hydrogen (secondary N) is 1. The number of phosphoric ester groups is 1. The fourth-order valence-electron chi connectivity index (χ4n) is 11.7. The molecule has 3 unspecified atom stereocenters. The molecule has 0 aliphatic heterocycles. The van der Waals surface area contributed by atoms with E-state index in [-0.39, 0.29) is 25.1 Å². The summed E-state index contributed by atoms with van der Waals surface area (Å²) in [5, 5.41) is 3.08. The van der Waals surface area contributed by atoms with Crippen molar-refractivity contribution >= 4 is 19.7 Å². The summed E-state index contributed by atoms with van der Waals surface area (Å²) in [6, 6.07) is -0.849. The zero-order valence-corrected chi connectivity index (χ0v) is 61.5. The highest BCUT2D eigenvalue weighted by molar-refractivity contribution is 7.47. The van der Waals surface area contributed by atoms with E-state index in [0.29, 0.717) is 23.9 Å². The van der Waals surface area contributed by atoms with Crippen LogP contribution in [0.1, 0.15) is 387 Å². The molecule has 0 radical (unpaired) electrons. The first-order valence-corrected chi connectivity index (χ1v) is 40.6. The zero-order chi connectivity index (χ0) is 65.6. The first-order valence-electron chi connectivity index (χ1n) is 39.1. The van der Waals surface area contributed by atoms with Gasteiger partial charge in [-0.3, -0.25) is 18.6 Å². The average Bonchev–Trinajstić information content (AvgIpc) is 3.12. The number of carbonyl (C=O) groups is 2. The number of hydrogen-bond donors (Lipinski definition) is 2. The number of quaternary nitrogens is 1. The molecule has 528 valence electrons. The van der Waals surface area contributed by atoms with E-state index in [0.717, 1.165) is 70.6 Å². The lowest BCUT2D eigenvalue weighted by Crippen LogP contribution is -2.47. The lowest BCUT2D eigenvalue weighted by Gasteiger charge is -2.27. The van der Waals surface area contributed by atoms with Crippen LogP contribution in [0.5, 0.6) is 0 Å². The van der Waals surface area contributed by atoms with Crippen molar-refractivity contribution < 1.29 is 37.3 Å². The molecule has 0 heterocycles. The minimum absolute atomic E-state index is 0.0414. The van der Waals surface area contributed by atoms with E-state index < -0.39 is 20.0 Å². The van der Waals surface area contributed by atoms with E-state index in [9.17, 15) is 19.0 Å². The highest BCUT2D eigenvalue weighted by atomic mass is 31.2. The van der Waals surface area contributed by atoms with E-state index in [1.807, 2.05) is 27.2 Å². The van der Waals surface area contributed by atoms with Crippen LogP contribution in [-0.2, 0) is 27.9 Å². The fourth-order valence-corrected chi connectivity index (χ4v) is 12.4. The number of allylic oxidation sites excluding steroid dienone is 9. The fraction of sp³-hybridized carbons (Fsp3) is 0.850. The van der Waals surface area contributed by atoms with Crippen LogP contribution in [0.15, 0.2) is 60.8 Å². The number of carbonyl (C=O) groups excluding carboxylic acids is 2. The topological polar surface area (TPSA) is 111 Å². The van der Waals surface area contributed by atoms with Gasteiger partial charge in [-0.15, -0.1) is 0 Å². The number of rotatable bonds is 72. The Morgan fingerprint density at radius 3 is 1.04 bits per heavy atom. The predicted octanol–water partition coefficient (Wildman–Crippen LogP) is 25.3. The van der Waals surface area contributed by atoms with Crippen molar-refractivity contribution in [3.05, 3.63) is 60.8 Å². The number of likely N-dealkylation sites (N-methyl/N-ethyl adjacent to an activating group) is 1. The van der Waals surface area contributed by atoms with Crippen molar-refractivity contribution in [3.8, 4) is 0 Å². The van der Waals surface area contributed by atoms with Gasteiger partial charge in [0.25, 0.3) is 0 Å². The van der Waals surface area contributed by atoms with Gasteiger partial charge in [-0.25, -0.2) is 4.57 Å². The van der Waals surface area contributed by atoms with E-state index >= 15 is 0 Å². The number of hydrogen-bond acceptors (Lipinski definition) is 6. The van der Waals surface area contributed by atoms with Crippen LogP contribution >= 0.6 is 7.82 Å². The molecule has 0 aromatic carbocycles. The van der Waals surface area contributed by atoms with Crippen molar-refractivity contribution in [2.24, 2.45) is 0 Å². The summed E-state index contributed by atoms with van der Waals surface area (Å²) in [7, 11) is 1.51. The minimum atomic E-state index is -4.46. The molecule has 10 heteroatoms. The van der Waals surface area contributed by atoms with E-state index in [1.54, 1.807) is 0 Å². The Balaban J connectivity index is 4.93. The summed E-state index contributed by atoms with van der Waals surface area (Å²) in [5.74, 6) is -0.488. The average molecular weight is 1290 g/mol. The molecule has 0 aliphatic carbocycles. The lowest BCUT2D eigenvalue weighted by atomic mass is 10.0. The summed E-state index contributed by atoms with van der Waals surface area (Å²) in [4.78, 5) is 38.0. The molecule has 0 saturated heterocycles. The highest BCUT2D eigenvalue weighted by Gasteiger charge is 2.30. The molecule has 90 heavy (non-hydrogen) atoms. The van der Waals surface area contributed by atoms with E-state index in [4.69, 9.17) is 13.8 Å². The van der Waals surface area contributed by atoms with Crippen molar-refractivity contribution in [3.63, 3.8) is 0 Å². The minimum Gasteiger partial charge on any atom is -0.456 e. The second-order valence-corrected chi connectivity index (χ2v) is 29.3. The molecule has 0 aromatic rings. The van der Waals surface area contributed by atoms with Crippen LogP contribution in [0.4, 0.5) is 0 Å². The summed E-state index contributed by atoms with van der Waals surface area (Å²) in [6.07, 6.45) is 91.1. The van der Waals surface area contributed by atoms with Gasteiger partial charge in [-0.2, -0.15) is 0 Å². The van der Waals surface area contributed by atoms with Gasteiger partial charge in [-0.1, -0.05) is 339 Å². The molecule has 0 spiro atoms. The summed E-state index contributed by atoms with van der Waals surface area (Å²) in [5.41, 5.74) is 0. The molecule has 0 bridgehead atoms. The molecule has 2 N–H and O–H groups in total. The highest BCUT2D eigenvalue weighted by Crippen LogP contribution is 2.43. The van der Waals surface area contributed by atoms with Crippen molar-refractivity contribution in [1.29, 1.82) is 0 Å². The third kappa shape index (κ3) is 70.0. The molecular formula is C80H152N2O7P+. The number of unbranched alkanes of at least 4 members (excludes halogenated alkanes) is 48. The van der Waals surface area contributed by atoms with Gasteiger partial charge in [0.05, 0.1) is 33.8 Å². The van der Waals surface area contributed by atoms with Crippen LogP contribution in [0.2, 0.25) is 0 Å². The maximum absolute atomic E-state index is 13.7. The predicted molar refractivity (Wildman–Crippen MR) is 392 cm³/mol. The molecule has 9 nitrogen and oxygen atoms in total. The molecule has 0 aromatic heterocycles. The second-order valence-electron chi connectivity index (χ2n) is 27.9. The second kappa shape index (κ2) is 69.5. The lowest BCUT2D eigenvalue weighted by molar-refractivity contribution is -0.870. The monoisotopic (exact) mass is 1280 g/mol. The summed E-state index contributed by atoms with van der Waals surface area (Å²) in [6.45, 7) is 7.04. The van der Waals surface area contributed by atoms with Crippen LogP contribution in [-0.4, -0.2) is 74.3 Å². The Labute approximate surface area is 560 Å². The van der Waals surface area contributed by atoms with Crippen LogP contribution in [0, 0.1) is 0 Å². The standard InChI is InChI=1S/C80H151N2O7P/c1-7-10-13-16-19-22-25-28-30-32-34-36-38-40-41-43-45-47-49-51-53-55-58-61-64-67-70-73-80(84)89-78(71-68-65-62-59-56-27-24-21-18-15-12-9-3)77(76-88-90(85,86)87-75-74-82(4,5)6)81-79(83)72-69-66-63-60-57-54-52-50-48-46-44-42-39-37-35-33-31-29-26-23-20-17-14-11-8-2/h19,22,28-31,34,36,68,71,77-78H,7-18,20-21,23-27,32-33,35,37-67,69-70,72-76H2,1-6H3,(H-,81,83,85,86)/p+1/b22-19-,30-28-,31-29+,36-34-,71-68+. The Morgan fingerprint density at radius 1 is 0.389 bits per heavy atom. The normalized spacial score (nSPS) is 13.7. The van der Waals surface area contributed by atoms with Crippen molar-refractivity contribution in [1.82, 2.24) is 5.32 Å².